The molecule has 0 aromatic carbocycles. The lowest BCUT2D eigenvalue weighted by atomic mass is 10.2. The summed E-state index contributed by atoms with van der Waals surface area (Å²) in [4.78, 5) is 44.9. The fourth-order valence-electron chi connectivity index (χ4n) is 1.89. The second-order valence-corrected chi connectivity index (χ2v) is 5.43. The number of carbonyl (C=O) groups is 4. The van der Waals surface area contributed by atoms with Gasteiger partial charge in [0.05, 0.1) is 26.2 Å². The summed E-state index contributed by atoms with van der Waals surface area (Å²) in [6, 6.07) is -0.643. The summed E-state index contributed by atoms with van der Waals surface area (Å²) in [7, 11) is 0. The van der Waals surface area contributed by atoms with Crippen molar-refractivity contribution >= 4 is 23.9 Å². The van der Waals surface area contributed by atoms with Crippen LogP contribution >= 0.6 is 0 Å². The highest BCUT2D eigenvalue weighted by Gasteiger charge is 2.23. The third-order valence-electron chi connectivity index (χ3n) is 2.95. The first-order valence-electron chi connectivity index (χ1n) is 7.77. The molecule has 0 aromatic rings. The Balaban J connectivity index is 0. The van der Waals surface area contributed by atoms with Crippen LogP contribution in [0.5, 0.6) is 0 Å². The molecule has 1 unspecified atom stereocenters. The Kier molecular flexibility index (Phi) is 15.0. The molecule has 0 aliphatic rings. The number of aliphatic carboxylic acids is 4. The maximum Gasteiger partial charge on any atom is 0.317 e. The molecule has 12 nitrogen and oxygen atoms in total. The number of carboxylic acid groups (broad SMARTS) is 4. The molecule has 0 aromatic heterocycles. The Morgan fingerprint density at radius 3 is 1.35 bits per heavy atom. The normalized spacial score (nSPS) is 11.6. The average Bonchev–Trinajstić information content (AvgIpc) is 2.45. The van der Waals surface area contributed by atoms with E-state index >= 15 is 0 Å². The van der Waals surface area contributed by atoms with E-state index in [1.165, 1.54) is 6.92 Å². The minimum Gasteiger partial charge on any atom is -0.480 e. The van der Waals surface area contributed by atoms with Gasteiger partial charge in [-0.3, -0.25) is 29.0 Å². The molecular weight excluding hydrogens is 352 g/mol. The molecule has 0 saturated heterocycles. The fraction of sp³-hybridized carbons (Fsp3) is 0.714. The third-order valence-corrected chi connectivity index (χ3v) is 2.95. The van der Waals surface area contributed by atoms with Gasteiger partial charge in [0.25, 0.3) is 0 Å². The molecule has 1 atom stereocenters. The fourth-order valence-corrected chi connectivity index (χ4v) is 1.89. The molecule has 26 heavy (non-hydrogen) atoms. The number of nitrogens with two attached hydrogens (primary N) is 2. The van der Waals surface area contributed by atoms with E-state index in [-0.39, 0.29) is 6.54 Å². The summed E-state index contributed by atoms with van der Waals surface area (Å²) < 4.78 is 0. The maximum atomic E-state index is 10.7. The average molecular weight is 380 g/mol. The Hall–Kier alpha value is -2.28. The molecular formula is C14H28N4O8. The van der Waals surface area contributed by atoms with E-state index in [0.29, 0.717) is 0 Å². The van der Waals surface area contributed by atoms with Crippen LogP contribution in [-0.2, 0) is 19.2 Å². The summed E-state index contributed by atoms with van der Waals surface area (Å²) in [5.74, 6) is -4.92. The molecule has 152 valence electrons. The van der Waals surface area contributed by atoms with Crippen molar-refractivity contribution in [2.45, 2.75) is 19.4 Å². The summed E-state index contributed by atoms with van der Waals surface area (Å²) in [5, 5.41) is 34.9. The molecule has 0 aliphatic carbocycles. The smallest absolute Gasteiger partial charge is 0.317 e. The van der Waals surface area contributed by atoms with Crippen molar-refractivity contribution in [2.75, 3.05) is 45.8 Å². The minimum absolute atomic E-state index is 0.0842. The van der Waals surface area contributed by atoms with E-state index < -0.39 is 56.1 Å². The summed E-state index contributed by atoms with van der Waals surface area (Å²) in [5.41, 5.74) is 10.1. The van der Waals surface area contributed by atoms with Crippen molar-refractivity contribution in [3.8, 4) is 0 Å². The van der Waals surface area contributed by atoms with Crippen molar-refractivity contribution in [2.24, 2.45) is 11.5 Å². The summed E-state index contributed by atoms with van der Waals surface area (Å²) in [6.07, 6.45) is 0.944. The molecule has 0 spiro atoms. The molecule has 0 rings (SSSR count). The zero-order valence-electron chi connectivity index (χ0n) is 14.7. The molecule has 0 amide bonds. The first kappa shape index (κ1) is 26.0. The minimum atomic E-state index is -1.23. The number of hydrogen-bond donors (Lipinski definition) is 6. The molecule has 0 bridgehead atoms. The van der Waals surface area contributed by atoms with Crippen LogP contribution in [0.2, 0.25) is 0 Å². The lowest BCUT2D eigenvalue weighted by Crippen LogP contribution is -2.48. The second-order valence-electron chi connectivity index (χ2n) is 5.43. The van der Waals surface area contributed by atoms with Gasteiger partial charge in [-0.05, 0) is 26.4 Å². The Morgan fingerprint density at radius 1 is 0.769 bits per heavy atom. The second kappa shape index (κ2) is 15.0. The van der Waals surface area contributed by atoms with Crippen molar-refractivity contribution in [3.63, 3.8) is 0 Å². The van der Waals surface area contributed by atoms with Crippen molar-refractivity contribution in [1.29, 1.82) is 0 Å². The number of hydrogen-bond acceptors (Lipinski definition) is 8. The molecule has 0 heterocycles. The van der Waals surface area contributed by atoms with E-state index in [2.05, 4.69) is 0 Å². The van der Waals surface area contributed by atoms with E-state index in [1.54, 1.807) is 0 Å². The zero-order valence-corrected chi connectivity index (χ0v) is 14.7. The zero-order chi connectivity index (χ0) is 20.7. The van der Waals surface area contributed by atoms with Crippen LogP contribution in [-0.4, -0.2) is 106 Å². The molecule has 0 radical (unpaired) electrons. The first-order chi connectivity index (χ1) is 12.0. The van der Waals surface area contributed by atoms with Gasteiger partial charge >= 0.3 is 23.9 Å². The third kappa shape index (κ3) is 16.6. The number of nitrogens with zero attached hydrogens (tertiary/aromatic N) is 2. The van der Waals surface area contributed by atoms with Gasteiger partial charge in [-0.25, -0.2) is 0 Å². The molecule has 12 heteroatoms. The molecule has 0 aliphatic heterocycles. The standard InChI is InChI=1S/C11H18N2O8.C3H10N2/c1-7(13(5-10(18)19)6-11(20)21)2-12(3-8(14)15)4-9(16)17;4-2-1-3-5/h7H,2-6H2,1H3,(H,14,15)(H,16,17)(H,18,19)(H,20,21);1-5H2. The van der Waals surface area contributed by atoms with Crippen LogP contribution < -0.4 is 11.5 Å². The molecule has 8 N–H and O–H groups in total. The van der Waals surface area contributed by atoms with Crippen LogP contribution in [0.1, 0.15) is 13.3 Å². The first-order valence-corrected chi connectivity index (χ1v) is 7.77. The van der Waals surface area contributed by atoms with Gasteiger partial charge < -0.3 is 31.9 Å². The topological polar surface area (TPSA) is 208 Å². The van der Waals surface area contributed by atoms with Crippen LogP contribution in [0.15, 0.2) is 0 Å². The van der Waals surface area contributed by atoms with Gasteiger partial charge in [-0.15, -0.1) is 0 Å². The summed E-state index contributed by atoms with van der Waals surface area (Å²) in [6.45, 7) is 0.701. The van der Waals surface area contributed by atoms with E-state index in [4.69, 9.17) is 31.9 Å². The van der Waals surface area contributed by atoms with Crippen LogP contribution in [0.3, 0.4) is 0 Å². The monoisotopic (exact) mass is 380 g/mol. The Labute approximate surface area is 151 Å². The van der Waals surface area contributed by atoms with Crippen LogP contribution in [0, 0.1) is 0 Å². The van der Waals surface area contributed by atoms with Gasteiger partial charge in [0.15, 0.2) is 0 Å². The van der Waals surface area contributed by atoms with Gasteiger partial charge in [0, 0.05) is 12.6 Å². The SMILES string of the molecule is CC(CN(CC(=O)O)CC(=O)O)N(CC(=O)O)CC(=O)O.NCCCN. The lowest BCUT2D eigenvalue weighted by Gasteiger charge is -2.30. The van der Waals surface area contributed by atoms with Crippen LogP contribution in [0.25, 0.3) is 0 Å². The number of carboxylic acids is 4. The highest BCUT2D eigenvalue weighted by molar-refractivity contribution is 5.73. The lowest BCUT2D eigenvalue weighted by molar-refractivity contribution is -0.146. The predicted octanol–water partition coefficient (Wildman–Crippen LogP) is -2.39. The van der Waals surface area contributed by atoms with Gasteiger partial charge in [0.1, 0.15) is 0 Å². The van der Waals surface area contributed by atoms with Gasteiger partial charge in [0.2, 0.25) is 0 Å². The quantitative estimate of drug-likeness (QED) is 0.198. The van der Waals surface area contributed by atoms with Gasteiger partial charge in [-0.1, -0.05) is 0 Å². The van der Waals surface area contributed by atoms with E-state index in [9.17, 15) is 19.2 Å². The van der Waals surface area contributed by atoms with Crippen molar-refractivity contribution in [1.82, 2.24) is 9.80 Å². The van der Waals surface area contributed by atoms with Crippen LogP contribution in [0.4, 0.5) is 0 Å². The largest absolute Gasteiger partial charge is 0.480 e. The molecule has 0 saturated carbocycles. The maximum absolute atomic E-state index is 10.7. The Morgan fingerprint density at radius 2 is 1.12 bits per heavy atom. The number of rotatable bonds is 13. The Bertz CT molecular complexity index is 426. The van der Waals surface area contributed by atoms with Crippen molar-refractivity contribution in [3.05, 3.63) is 0 Å². The highest BCUT2D eigenvalue weighted by atomic mass is 16.4. The van der Waals surface area contributed by atoms with Crippen molar-refractivity contribution < 1.29 is 39.6 Å². The summed E-state index contributed by atoms with van der Waals surface area (Å²) >= 11 is 0. The van der Waals surface area contributed by atoms with Gasteiger partial charge in [-0.2, -0.15) is 0 Å². The van der Waals surface area contributed by atoms with E-state index in [1.807, 2.05) is 0 Å². The molecule has 0 fully saturated rings. The predicted molar refractivity (Wildman–Crippen MR) is 90.7 cm³/mol. The highest BCUT2D eigenvalue weighted by Crippen LogP contribution is 2.03. The van der Waals surface area contributed by atoms with E-state index in [0.717, 1.165) is 29.3 Å².